The number of azo groups is 1. The standard InChI is InChI=1S/C15H17N3O2/c1-11-10-12(16)2-7-15(11)18-17-13-3-5-14(6-4-13)20-9-8-19/h2-7,10,19H,8-9,16H2,1H3. The van der Waals surface area contributed by atoms with Gasteiger partial charge in [-0.2, -0.15) is 10.2 Å². The SMILES string of the molecule is Cc1cc(N)ccc1N=Nc1ccc(OCCO)cc1. The van der Waals surface area contributed by atoms with Crippen LogP contribution in [0, 0.1) is 6.92 Å². The van der Waals surface area contributed by atoms with Crippen LogP contribution in [-0.2, 0) is 0 Å². The van der Waals surface area contributed by atoms with E-state index in [0.717, 1.165) is 16.9 Å². The molecule has 0 aliphatic carbocycles. The Morgan fingerprint density at radius 3 is 2.50 bits per heavy atom. The molecule has 104 valence electrons. The van der Waals surface area contributed by atoms with Crippen molar-refractivity contribution in [3.8, 4) is 5.75 Å². The van der Waals surface area contributed by atoms with Crippen LogP contribution in [0.15, 0.2) is 52.7 Å². The molecule has 0 saturated heterocycles. The summed E-state index contributed by atoms with van der Waals surface area (Å²) in [5, 5.41) is 17.0. The highest BCUT2D eigenvalue weighted by atomic mass is 16.5. The Kier molecular flexibility index (Phi) is 4.68. The molecule has 5 heteroatoms. The average Bonchev–Trinajstić information content (AvgIpc) is 2.45. The molecule has 2 aromatic rings. The molecule has 0 heterocycles. The van der Waals surface area contributed by atoms with E-state index in [2.05, 4.69) is 10.2 Å². The Labute approximate surface area is 117 Å². The molecule has 0 saturated carbocycles. The first kappa shape index (κ1) is 14.0. The van der Waals surface area contributed by atoms with Gasteiger partial charge in [-0.1, -0.05) is 0 Å². The van der Waals surface area contributed by atoms with Gasteiger partial charge in [0.2, 0.25) is 0 Å². The number of ether oxygens (including phenoxy) is 1. The first-order valence-electron chi connectivity index (χ1n) is 6.30. The highest BCUT2D eigenvalue weighted by Crippen LogP contribution is 2.24. The van der Waals surface area contributed by atoms with Gasteiger partial charge < -0.3 is 15.6 Å². The summed E-state index contributed by atoms with van der Waals surface area (Å²) in [4.78, 5) is 0. The van der Waals surface area contributed by atoms with Crippen LogP contribution in [0.25, 0.3) is 0 Å². The van der Waals surface area contributed by atoms with Gasteiger partial charge >= 0.3 is 0 Å². The number of anilines is 1. The van der Waals surface area contributed by atoms with Gasteiger partial charge in [-0.05, 0) is 55.0 Å². The second kappa shape index (κ2) is 6.68. The summed E-state index contributed by atoms with van der Waals surface area (Å²) in [6, 6.07) is 12.7. The van der Waals surface area contributed by atoms with Crippen LogP contribution in [0.2, 0.25) is 0 Å². The van der Waals surface area contributed by atoms with Gasteiger partial charge in [0.25, 0.3) is 0 Å². The molecule has 0 aliphatic heterocycles. The molecule has 0 fully saturated rings. The van der Waals surface area contributed by atoms with E-state index in [1.807, 2.05) is 31.2 Å². The minimum atomic E-state index is -0.00211. The van der Waals surface area contributed by atoms with Crippen LogP contribution in [0.4, 0.5) is 17.1 Å². The molecule has 5 nitrogen and oxygen atoms in total. The first-order chi connectivity index (χ1) is 9.69. The molecule has 0 bridgehead atoms. The number of aliphatic hydroxyl groups is 1. The third kappa shape index (κ3) is 3.80. The predicted molar refractivity (Wildman–Crippen MR) is 78.8 cm³/mol. The van der Waals surface area contributed by atoms with Crippen LogP contribution >= 0.6 is 0 Å². The number of benzene rings is 2. The highest BCUT2D eigenvalue weighted by molar-refractivity contribution is 5.54. The van der Waals surface area contributed by atoms with Crippen molar-refractivity contribution >= 4 is 17.1 Å². The van der Waals surface area contributed by atoms with Gasteiger partial charge in [0.05, 0.1) is 18.0 Å². The second-order valence-electron chi connectivity index (χ2n) is 4.31. The van der Waals surface area contributed by atoms with Gasteiger partial charge in [-0.15, -0.1) is 0 Å². The highest BCUT2D eigenvalue weighted by Gasteiger charge is 1.98. The van der Waals surface area contributed by atoms with Crippen LogP contribution in [0.3, 0.4) is 0 Å². The second-order valence-corrected chi connectivity index (χ2v) is 4.31. The van der Waals surface area contributed by atoms with Crippen molar-refractivity contribution in [3.63, 3.8) is 0 Å². The Morgan fingerprint density at radius 2 is 1.85 bits per heavy atom. The minimum Gasteiger partial charge on any atom is -0.491 e. The smallest absolute Gasteiger partial charge is 0.119 e. The Morgan fingerprint density at radius 1 is 1.10 bits per heavy atom. The maximum Gasteiger partial charge on any atom is 0.119 e. The molecule has 0 radical (unpaired) electrons. The lowest BCUT2D eigenvalue weighted by molar-refractivity contribution is 0.201. The molecule has 0 aromatic heterocycles. The average molecular weight is 271 g/mol. The predicted octanol–water partition coefficient (Wildman–Crippen LogP) is 3.36. The van der Waals surface area contributed by atoms with Crippen LogP contribution < -0.4 is 10.5 Å². The summed E-state index contributed by atoms with van der Waals surface area (Å²) in [5.41, 5.74) is 8.91. The van der Waals surface area contributed by atoms with E-state index in [0.29, 0.717) is 11.4 Å². The van der Waals surface area contributed by atoms with Crippen molar-refractivity contribution in [2.45, 2.75) is 6.92 Å². The Hall–Kier alpha value is -2.40. The normalized spacial score (nSPS) is 10.9. The van der Waals surface area contributed by atoms with E-state index in [1.54, 1.807) is 18.2 Å². The number of aliphatic hydroxyl groups excluding tert-OH is 1. The maximum atomic E-state index is 8.67. The van der Waals surface area contributed by atoms with Crippen molar-refractivity contribution in [2.75, 3.05) is 18.9 Å². The van der Waals surface area contributed by atoms with Gasteiger partial charge in [0, 0.05) is 5.69 Å². The first-order valence-corrected chi connectivity index (χ1v) is 6.30. The summed E-state index contributed by atoms with van der Waals surface area (Å²) in [6.45, 7) is 2.22. The number of rotatable bonds is 5. The summed E-state index contributed by atoms with van der Waals surface area (Å²) < 4.78 is 5.27. The van der Waals surface area contributed by atoms with E-state index >= 15 is 0 Å². The van der Waals surface area contributed by atoms with Crippen molar-refractivity contribution in [1.29, 1.82) is 0 Å². The molecule has 0 spiro atoms. The van der Waals surface area contributed by atoms with E-state index in [1.165, 1.54) is 0 Å². The molecule has 3 N–H and O–H groups in total. The quantitative estimate of drug-likeness (QED) is 0.646. The van der Waals surface area contributed by atoms with Crippen molar-refractivity contribution in [3.05, 3.63) is 48.0 Å². The summed E-state index contributed by atoms with van der Waals surface area (Å²) >= 11 is 0. The minimum absolute atomic E-state index is 0.00211. The van der Waals surface area contributed by atoms with Gasteiger partial charge in [0.1, 0.15) is 12.4 Å². The van der Waals surface area contributed by atoms with E-state index < -0.39 is 0 Å². The van der Waals surface area contributed by atoms with Crippen LogP contribution in [-0.4, -0.2) is 18.3 Å². The lowest BCUT2D eigenvalue weighted by Crippen LogP contribution is -2.00. The van der Waals surface area contributed by atoms with Crippen molar-refractivity contribution in [2.24, 2.45) is 10.2 Å². The Balaban J connectivity index is 2.07. The van der Waals surface area contributed by atoms with Gasteiger partial charge in [0.15, 0.2) is 0 Å². The van der Waals surface area contributed by atoms with Gasteiger partial charge in [-0.3, -0.25) is 0 Å². The summed E-state index contributed by atoms with van der Waals surface area (Å²) in [5.74, 6) is 0.696. The molecule has 2 aromatic carbocycles. The van der Waals surface area contributed by atoms with Crippen LogP contribution in [0.5, 0.6) is 5.75 Å². The zero-order valence-corrected chi connectivity index (χ0v) is 11.3. The number of nitrogen functional groups attached to an aromatic ring is 1. The summed E-state index contributed by atoms with van der Waals surface area (Å²) in [6.07, 6.45) is 0. The lowest BCUT2D eigenvalue weighted by Gasteiger charge is -2.03. The molecular weight excluding hydrogens is 254 g/mol. The largest absolute Gasteiger partial charge is 0.491 e. The molecule has 2 rings (SSSR count). The number of nitrogens with zero attached hydrogens (tertiary/aromatic N) is 2. The van der Waals surface area contributed by atoms with Crippen molar-refractivity contribution in [1.82, 2.24) is 0 Å². The number of nitrogens with two attached hydrogens (primary N) is 1. The molecule has 0 unspecified atom stereocenters. The van der Waals surface area contributed by atoms with E-state index in [9.17, 15) is 0 Å². The van der Waals surface area contributed by atoms with Gasteiger partial charge in [-0.25, -0.2) is 0 Å². The number of hydrogen-bond donors (Lipinski definition) is 2. The molecule has 0 aliphatic rings. The van der Waals surface area contributed by atoms with Crippen molar-refractivity contribution < 1.29 is 9.84 Å². The van der Waals surface area contributed by atoms with E-state index in [4.69, 9.17) is 15.6 Å². The zero-order chi connectivity index (χ0) is 14.4. The fraction of sp³-hybridized carbons (Fsp3) is 0.200. The fourth-order valence-electron chi connectivity index (χ4n) is 1.67. The van der Waals surface area contributed by atoms with Crippen LogP contribution in [0.1, 0.15) is 5.56 Å². The molecule has 0 amide bonds. The van der Waals surface area contributed by atoms with E-state index in [-0.39, 0.29) is 13.2 Å². The Bertz CT molecular complexity index is 595. The molecule has 20 heavy (non-hydrogen) atoms. The zero-order valence-electron chi connectivity index (χ0n) is 11.3. The lowest BCUT2D eigenvalue weighted by atomic mass is 10.2. The topological polar surface area (TPSA) is 80.2 Å². The molecule has 0 atom stereocenters. The fourth-order valence-corrected chi connectivity index (χ4v) is 1.67. The number of aryl methyl sites for hydroxylation is 1. The number of hydrogen-bond acceptors (Lipinski definition) is 5. The summed E-state index contributed by atoms with van der Waals surface area (Å²) in [7, 11) is 0. The monoisotopic (exact) mass is 271 g/mol. The maximum absolute atomic E-state index is 8.67. The third-order valence-electron chi connectivity index (χ3n) is 2.69. The molecular formula is C15H17N3O2. The third-order valence-corrected chi connectivity index (χ3v) is 2.69.